The van der Waals surface area contributed by atoms with Crippen LogP contribution in [0.15, 0.2) is 194 Å². The van der Waals surface area contributed by atoms with E-state index in [0.29, 0.717) is 0 Å². The summed E-state index contributed by atoms with van der Waals surface area (Å²) in [4.78, 5) is 2.42. The number of rotatable bonds is 5. The Morgan fingerprint density at radius 3 is 1.83 bits per heavy atom. The maximum atomic E-state index is 2.42. The summed E-state index contributed by atoms with van der Waals surface area (Å²) in [6.45, 7) is 0. The maximum absolute atomic E-state index is 2.42. The van der Waals surface area contributed by atoms with Gasteiger partial charge in [0, 0.05) is 53.7 Å². The summed E-state index contributed by atoms with van der Waals surface area (Å²) in [5, 5.41) is 10.1. The normalized spacial score (nSPS) is 11.8. The van der Waals surface area contributed by atoms with E-state index in [0.717, 1.165) is 22.7 Å². The van der Waals surface area contributed by atoms with E-state index in [-0.39, 0.29) is 0 Å². The van der Waals surface area contributed by atoms with Gasteiger partial charge in [-0.05, 0) is 105 Å². The van der Waals surface area contributed by atoms with E-state index in [1.165, 1.54) is 74.6 Å². The highest BCUT2D eigenvalue weighted by Crippen LogP contribution is 2.43. The molecule has 0 spiro atoms. The zero-order valence-electron chi connectivity index (χ0n) is 28.8. The van der Waals surface area contributed by atoms with Crippen molar-refractivity contribution < 1.29 is 0 Å². The van der Waals surface area contributed by atoms with Gasteiger partial charge in [0.25, 0.3) is 0 Å². The minimum Gasteiger partial charge on any atom is -0.310 e. The lowest BCUT2D eigenvalue weighted by molar-refractivity contribution is 1.18. The molecule has 9 aromatic carbocycles. The molecule has 0 aliphatic carbocycles. The van der Waals surface area contributed by atoms with Crippen LogP contribution in [0.25, 0.3) is 80.3 Å². The van der Waals surface area contributed by atoms with Crippen molar-refractivity contribution in [3.8, 4) is 16.8 Å². The fourth-order valence-corrected chi connectivity index (χ4v) is 9.47. The molecular weight excluding hydrogens is 661 g/mol. The average Bonchev–Trinajstić information content (AvgIpc) is 3.77. The van der Waals surface area contributed by atoms with Gasteiger partial charge >= 0.3 is 0 Å². The molecule has 0 unspecified atom stereocenters. The number of nitrogens with zero attached hydrogens (tertiary/aromatic N) is 2. The van der Waals surface area contributed by atoms with Crippen LogP contribution in [0.1, 0.15) is 0 Å². The van der Waals surface area contributed by atoms with Crippen LogP contribution < -0.4 is 4.90 Å². The van der Waals surface area contributed by atoms with Crippen molar-refractivity contribution >= 4 is 91.9 Å². The van der Waals surface area contributed by atoms with Crippen LogP contribution in [0.3, 0.4) is 0 Å². The summed E-state index contributed by atoms with van der Waals surface area (Å²) in [7, 11) is 0. The zero-order valence-corrected chi connectivity index (χ0v) is 29.6. The van der Waals surface area contributed by atoms with Crippen LogP contribution in [0.4, 0.5) is 17.1 Å². The average molecular weight is 693 g/mol. The molecule has 3 heteroatoms. The molecule has 0 radical (unpaired) electrons. The molecule has 0 amide bonds. The summed E-state index contributed by atoms with van der Waals surface area (Å²) in [6.07, 6.45) is 0. The van der Waals surface area contributed by atoms with E-state index in [1.54, 1.807) is 0 Å². The monoisotopic (exact) mass is 692 g/mol. The molecule has 2 heterocycles. The molecule has 248 valence electrons. The van der Waals surface area contributed by atoms with Crippen molar-refractivity contribution in [1.82, 2.24) is 4.57 Å². The molecule has 11 aromatic rings. The first kappa shape index (κ1) is 30.0. The van der Waals surface area contributed by atoms with Crippen molar-refractivity contribution in [1.29, 1.82) is 0 Å². The Kier molecular flexibility index (Phi) is 6.76. The summed E-state index contributed by atoms with van der Waals surface area (Å²) in [5.41, 5.74) is 9.39. The minimum absolute atomic E-state index is 1.11. The summed E-state index contributed by atoms with van der Waals surface area (Å²) >= 11 is 1.87. The second-order valence-corrected chi connectivity index (χ2v) is 14.8. The third kappa shape index (κ3) is 4.78. The van der Waals surface area contributed by atoms with Crippen molar-refractivity contribution in [2.75, 3.05) is 4.90 Å². The molecule has 0 bridgehead atoms. The standard InChI is InChI=1S/C50H32N2S/c1-2-12-36(13-3-1)52-46-18-8-6-15-42(46)45-32-39(29-30-47(45)52)51(38-28-25-35-22-21-33-11-4-5-14-40(33)44(35)31-38)37-26-23-34(24-27-37)41-17-10-20-49-50(41)43-16-7-9-19-48(43)53-49/h1-32H. The molecule has 0 aliphatic rings. The Morgan fingerprint density at radius 1 is 0.377 bits per heavy atom. The number of anilines is 3. The number of hydrogen-bond donors (Lipinski definition) is 0. The summed E-state index contributed by atoms with van der Waals surface area (Å²) in [6, 6.07) is 71.0. The van der Waals surface area contributed by atoms with Gasteiger partial charge < -0.3 is 9.47 Å². The first-order valence-electron chi connectivity index (χ1n) is 18.1. The van der Waals surface area contributed by atoms with Crippen LogP contribution in [0.5, 0.6) is 0 Å². The van der Waals surface area contributed by atoms with Gasteiger partial charge in [-0.2, -0.15) is 0 Å². The molecule has 0 N–H and O–H groups in total. The predicted octanol–water partition coefficient (Wildman–Crippen LogP) is 14.6. The van der Waals surface area contributed by atoms with E-state index >= 15 is 0 Å². The lowest BCUT2D eigenvalue weighted by Crippen LogP contribution is -2.10. The highest BCUT2D eigenvalue weighted by Gasteiger charge is 2.19. The topological polar surface area (TPSA) is 8.17 Å². The lowest BCUT2D eigenvalue weighted by Gasteiger charge is -2.26. The van der Waals surface area contributed by atoms with Gasteiger partial charge in [0.2, 0.25) is 0 Å². The largest absolute Gasteiger partial charge is 0.310 e. The van der Waals surface area contributed by atoms with Crippen LogP contribution in [-0.2, 0) is 0 Å². The molecule has 11 rings (SSSR count). The third-order valence-electron chi connectivity index (χ3n) is 10.8. The fraction of sp³-hybridized carbons (Fsp3) is 0. The van der Waals surface area contributed by atoms with Crippen LogP contribution in [0.2, 0.25) is 0 Å². The Labute approximate surface area is 311 Å². The van der Waals surface area contributed by atoms with Gasteiger partial charge in [0.1, 0.15) is 0 Å². The smallest absolute Gasteiger partial charge is 0.0542 e. The molecule has 0 fully saturated rings. The molecule has 53 heavy (non-hydrogen) atoms. The molecule has 0 aliphatic heterocycles. The highest BCUT2D eigenvalue weighted by molar-refractivity contribution is 7.25. The van der Waals surface area contributed by atoms with E-state index in [2.05, 4.69) is 204 Å². The summed E-state index contributed by atoms with van der Waals surface area (Å²) in [5.74, 6) is 0. The Hall–Kier alpha value is -6.68. The SMILES string of the molecule is c1ccc(-n2c3ccccc3c3cc(N(c4ccc(-c5cccc6sc7ccccc7c56)cc4)c4ccc5ccc6ccccc6c5c4)ccc32)cc1. The van der Waals surface area contributed by atoms with Crippen molar-refractivity contribution in [3.05, 3.63) is 194 Å². The minimum atomic E-state index is 1.11. The Morgan fingerprint density at radius 2 is 0.981 bits per heavy atom. The van der Waals surface area contributed by atoms with Crippen molar-refractivity contribution in [2.45, 2.75) is 0 Å². The van der Waals surface area contributed by atoms with Gasteiger partial charge in [-0.15, -0.1) is 11.3 Å². The lowest BCUT2D eigenvalue weighted by atomic mass is 9.98. The van der Waals surface area contributed by atoms with E-state index in [9.17, 15) is 0 Å². The third-order valence-corrected chi connectivity index (χ3v) is 11.9. The molecular formula is C50H32N2S. The number of para-hydroxylation sites is 2. The first-order chi connectivity index (χ1) is 26.3. The highest BCUT2D eigenvalue weighted by atomic mass is 32.1. The molecule has 0 atom stereocenters. The van der Waals surface area contributed by atoms with Crippen LogP contribution >= 0.6 is 11.3 Å². The number of hydrogen-bond acceptors (Lipinski definition) is 2. The quantitative estimate of drug-likeness (QED) is 0.163. The van der Waals surface area contributed by atoms with Gasteiger partial charge in [0.15, 0.2) is 0 Å². The second-order valence-electron chi connectivity index (χ2n) is 13.7. The zero-order chi connectivity index (χ0) is 34.9. The fourth-order valence-electron chi connectivity index (χ4n) is 8.34. The summed E-state index contributed by atoms with van der Waals surface area (Å²) < 4.78 is 5.02. The maximum Gasteiger partial charge on any atom is 0.0542 e. The van der Waals surface area contributed by atoms with Gasteiger partial charge in [-0.3, -0.25) is 0 Å². The number of fused-ring (bicyclic) bond motifs is 9. The number of aromatic nitrogens is 1. The Bertz CT molecular complexity index is 3170. The molecule has 0 saturated carbocycles. The van der Waals surface area contributed by atoms with Gasteiger partial charge in [-0.25, -0.2) is 0 Å². The van der Waals surface area contributed by atoms with Crippen molar-refractivity contribution in [2.24, 2.45) is 0 Å². The number of thiophene rings is 1. The van der Waals surface area contributed by atoms with E-state index in [4.69, 9.17) is 0 Å². The molecule has 0 saturated heterocycles. The molecule has 2 nitrogen and oxygen atoms in total. The van der Waals surface area contributed by atoms with Crippen LogP contribution in [-0.4, -0.2) is 4.57 Å². The number of benzene rings is 9. The Balaban J connectivity index is 1.12. The van der Waals surface area contributed by atoms with Crippen molar-refractivity contribution in [3.63, 3.8) is 0 Å². The van der Waals surface area contributed by atoms with E-state index < -0.39 is 0 Å². The first-order valence-corrected chi connectivity index (χ1v) is 18.9. The van der Waals surface area contributed by atoms with Gasteiger partial charge in [-0.1, -0.05) is 121 Å². The second kappa shape index (κ2) is 11.9. The van der Waals surface area contributed by atoms with Gasteiger partial charge in [0.05, 0.1) is 11.0 Å². The van der Waals surface area contributed by atoms with E-state index in [1.807, 2.05) is 11.3 Å². The predicted molar refractivity (Wildman–Crippen MR) is 229 cm³/mol. The molecule has 2 aromatic heterocycles. The van der Waals surface area contributed by atoms with Crippen LogP contribution in [0, 0.1) is 0 Å².